The summed E-state index contributed by atoms with van der Waals surface area (Å²) in [5.74, 6) is -1.24. The minimum atomic E-state index is -1.07. The van der Waals surface area contributed by atoms with Gasteiger partial charge in [0.2, 0.25) is 0 Å². The van der Waals surface area contributed by atoms with Gasteiger partial charge in [0.15, 0.2) is 0 Å². The zero-order chi connectivity index (χ0) is 42.6. The first-order valence-electron chi connectivity index (χ1n) is 21.6. The molecular formula is C53H79O4-. The molecule has 1 rings (SSSR count). The van der Waals surface area contributed by atoms with Crippen LogP contribution in [0, 0.1) is 0 Å². The molecule has 0 unspecified atom stereocenters. The Hall–Kier alpha value is -4.05. The number of methoxy groups -OCH3 is 1. The molecule has 4 nitrogen and oxygen atoms in total. The Morgan fingerprint density at radius 1 is 0.491 bits per heavy atom. The van der Waals surface area contributed by atoms with E-state index in [0.717, 1.165) is 89.9 Å². The third-order valence-electron chi connectivity index (χ3n) is 10.6. The molecule has 0 saturated heterocycles. The lowest BCUT2D eigenvalue weighted by molar-refractivity contribution is -0.271. The molecular weight excluding hydrogens is 701 g/mol. The van der Waals surface area contributed by atoms with Gasteiger partial charge in [-0.25, -0.2) is 4.79 Å². The molecule has 0 spiro atoms. The third kappa shape index (κ3) is 25.7. The number of hydrogen-bond donors (Lipinski definition) is 1. The summed E-state index contributed by atoms with van der Waals surface area (Å²) in [6.07, 6.45) is 39.3. The van der Waals surface area contributed by atoms with Crippen molar-refractivity contribution in [2.24, 2.45) is 0 Å². The number of carboxylic acids is 1. The predicted octanol–water partition coefficient (Wildman–Crippen LogP) is 15.8. The second-order valence-corrected chi connectivity index (χ2v) is 16.7. The monoisotopic (exact) mass is 780 g/mol. The Labute approximate surface area is 349 Å². The molecule has 0 aliphatic rings. The minimum absolute atomic E-state index is 0.0706. The Morgan fingerprint density at radius 2 is 0.772 bits per heavy atom. The molecule has 0 aliphatic heterocycles. The van der Waals surface area contributed by atoms with Crippen molar-refractivity contribution in [1.29, 1.82) is 0 Å². The highest BCUT2D eigenvalue weighted by molar-refractivity contribution is 5.89. The van der Waals surface area contributed by atoms with Gasteiger partial charge in [-0.05, 0) is 196 Å². The first kappa shape index (κ1) is 51.0. The lowest BCUT2D eigenvalue weighted by atomic mass is 10.0. The van der Waals surface area contributed by atoms with Gasteiger partial charge in [0.25, 0.3) is 0 Å². The Bertz CT molecular complexity index is 1660. The van der Waals surface area contributed by atoms with Crippen LogP contribution >= 0.6 is 0 Å². The normalized spacial score (nSPS) is 14.0. The van der Waals surface area contributed by atoms with Gasteiger partial charge in [-0.2, -0.15) is 0 Å². The highest BCUT2D eigenvalue weighted by atomic mass is 16.5. The van der Waals surface area contributed by atoms with Crippen LogP contribution in [0.25, 0.3) is 0 Å². The summed E-state index contributed by atoms with van der Waals surface area (Å²) in [5, 5.41) is 21.9. The topological polar surface area (TPSA) is 69.6 Å². The van der Waals surface area contributed by atoms with E-state index in [1.54, 1.807) is 0 Å². The van der Waals surface area contributed by atoms with Crippen molar-refractivity contribution < 1.29 is 19.7 Å². The predicted molar refractivity (Wildman–Crippen MR) is 246 cm³/mol. The number of benzene rings is 1. The summed E-state index contributed by atoms with van der Waals surface area (Å²) in [7, 11) is 1.39. The average molecular weight is 780 g/mol. The van der Waals surface area contributed by atoms with Gasteiger partial charge >= 0.3 is 5.97 Å². The Kier molecular flexibility index (Phi) is 26.9. The van der Waals surface area contributed by atoms with E-state index in [2.05, 4.69) is 118 Å². The molecule has 0 aliphatic carbocycles. The number of ether oxygens (including phenoxy) is 1. The fourth-order valence-electron chi connectivity index (χ4n) is 6.60. The maximum Gasteiger partial charge on any atom is 0.335 e. The van der Waals surface area contributed by atoms with E-state index in [9.17, 15) is 15.0 Å². The molecule has 0 saturated carbocycles. The molecule has 1 N–H and O–H groups in total. The molecule has 316 valence electrons. The Morgan fingerprint density at radius 3 is 1.04 bits per heavy atom. The standard InChI is InChI=1S/C53H80O4/c1-40(2)20-12-21-41(3)22-13-23-42(4)24-14-25-43(5)26-15-27-44(6)28-16-29-45(7)30-17-31-46(8)32-18-33-47(9)34-19-35-48(10)36-37-49-38-50(53(55)56)39-51(57-11)52(49)54/h20,22,24,26,28,30,32,34,36,38-39,54H,12-19,21,23,25,27,29,31,33,35,37H2,1-11H3,(H,55,56)/p-1/b41-22+,42-24+,43-26+,44-28+,45-30+,46-32+,47-34+,48-36+. The van der Waals surface area contributed by atoms with Gasteiger partial charge < -0.3 is 14.9 Å². The summed E-state index contributed by atoms with van der Waals surface area (Å²) in [6, 6.07) is 2.74. The average Bonchev–Trinajstić information content (AvgIpc) is 3.14. The molecule has 1 aromatic rings. The van der Waals surface area contributed by atoms with Crippen LogP contribution in [0.3, 0.4) is 0 Å². The van der Waals surface area contributed by atoms with Gasteiger partial charge in [0.05, 0.1) is 12.7 Å². The van der Waals surface area contributed by atoms with E-state index in [1.165, 1.54) is 82.2 Å². The summed E-state index contributed by atoms with van der Waals surface area (Å²) >= 11 is 0. The molecule has 0 bridgehead atoms. The van der Waals surface area contributed by atoms with E-state index >= 15 is 0 Å². The summed E-state index contributed by atoms with van der Waals surface area (Å²) in [6.45, 7) is 22.3. The third-order valence-corrected chi connectivity index (χ3v) is 10.6. The van der Waals surface area contributed by atoms with Crippen LogP contribution < -0.4 is 9.84 Å². The summed E-state index contributed by atoms with van der Waals surface area (Å²) < 4.78 is 5.09. The van der Waals surface area contributed by atoms with E-state index in [1.807, 2.05) is 6.08 Å². The molecule has 0 aromatic heterocycles. The fraction of sp³-hybridized carbons (Fsp3) is 0.528. The quantitative estimate of drug-likeness (QED) is 0.0860. The SMILES string of the molecule is COc1cc(C(=O)O)cc(C/C=C(\C)CC/C=C(\C)CC/C=C(\C)CC/C=C(\C)CC/C=C(\C)CC/C=C(\C)CC/C=C(\C)CC/C=C(\C)CCC=C(C)C)c1[O-]. The van der Waals surface area contributed by atoms with Crippen LogP contribution in [0.15, 0.2) is 117 Å². The second kappa shape index (κ2) is 30.1. The van der Waals surface area contributed by atoms with Gasteiger partial charge in [0.1, 0.15) is 5.75 Å². The summed E-state index contributed by atoms with van der Waals surface area (Å²) in [4.78, 5) is 11.4. The highest BCUT2D eigenvalue weighted by Crippen LogP contribution is 2.30. The molecule has 4 heteroatoms. The zero-order valence-electron chi connectivity index (χ0n) is 38.0. The highest BCUT2D eigenvalue weighted by Gasteiger charge is 2.09. The van der Waals surface area contributed by atoms with Crippen LogP contribution in [-0.2, 0) is 6.42 Å². The van der Waals surface area contributed by atoms with Gasteiger partial charge in [-0.15, -0.1) is 0 Å². The van der Waals surface area contributed by atoms with Crippen LogP contribution in [-0.4, -0.2) is 18.2 Å². The molecule has 57 heavy (non-hydrogen) atoms. The maximum atomic E-state index is 12.5. The minimum Gasteiger partial charge on any atom is -0.870 e. The number of aromatic carboxylic acids is 1. The van der Waals surface area contributed by atoms with Crippen LogP contribution in [0.4, 0.5) is 0 Å². The number of allylic oxidation sites excluding steroid dienone is 18. The van der Waals surface area contributed by atoms with Crippen molar-refractivity contribution in [3.05, 3.63) is 128 Å². The van der Waals surface area contributed by atoms with Gasteiger partial charge in [-0.3, -0.25) is 0 Å². The van der Waals surface area contributed by atoms with Crippen molar-refractivity contribution >= 4 is 5.97 Å². The second-order valence-electron chi connectivity index (χ2n) is 16.7. The van der Waals surface area contributed by atoms with Gasteiger partial charge in [-0.1, -0.05) is 111 Å². The molecule has 0 heterocycles. The molecule has 0 amide bonds. The lowest BCUT2D eigenvalue weighted by Gasteiger charge is -2.18. The smallest absolute Gasteiger partial charge is 0.335 e. The van der Waals surface area contributed by atoms with Crippen LogP contribution in [0.2, 0.25) is 0 Å². The molecule has 0 fully saturated rings. The van der Waals surface area contributed by atoms with E-state index in [-0.39, 0.29) is 17.1 Å². The van der Waals surface area contributed by atoms with Crippen LogP contribution in [0.5, 0.6) is 11.5 Å². The van der Waals surface area contributed by atoms with Crippen molar-refractivity contribution in [2.45, 2.75) is 178 Å². The number of rotatable bonds is 28. The number of hydrogen-bond acceptors (Lipinski definition) is 3. The number of carboxylic acid groups (broad SMARTS) is 1. The van der Waals surface area contributed by atoms with Crippen molar-refractivity contribution in [2.75, 3.05) is 7.11 Å². The first-order valence-corrected chi connectivity index (χ1v) is 21.6. The maximum absolute atomic E-state index is 12.5. The first-order chi connectivity index (χ1) is 27.1. The van der Waals surface area contributed by atoms with E-state index in [4.69, 9.17) is 4.74 Å². The molecule has 0 radical (unpaired) electrons. The van der Waals surface area contributed by atoms with E-state index in [0.29, 0.717) is 12.0 Å². The zero-order valence-corrected chi connectivity index (χ0v) is 38.0. The molecule has 1 aromatic carbocycles. The van der Waals surface area contributed by atoms with E-state index < -0.39 is 5.97 Å². The number of carbonyl (C=O) groups is 1. The fourth-order valence-corrected chi connectivity index (χ4v) is 6.60. The van der Waals surface area contributed by atoms with Crippen molar-refractivity contribution in [1.82, 2.24) is 0 Å². The van der Waals surface area contributed by atoms with Crippen LogP contribution in [0.1, 0.15) is 188 Å². The van der Waals surface area contributed by atoms with Gasteiger partial charge in [0, 0.05) is 0 Å². The van der Waals surface area contributed by atoms with Crippen molar-refractivity contribution in [3.8, 4) is 11.5 Å². The molecule has 0 atom stereocenters. The largest absolute Gasteiger partial charge is 0.870 e. The van der Waals surface area contributed by atoms with Crippen molar-refractivity contribution in [3.63, 3.8) is 0 Å². The summed E-state index contributed by atoms with van der Waals surface area (Å²) in [5.41, 5.74) is 13.5. The Balaban J connectivity index is 2.31. The lowest BCUT2D eigenvalue weighted by Crippen LogP contribution is -2.05.